The number of carbonyl (C=O) groups is 2. The first-order valence-corrected chi connectivity index (χ1v) is 7.16. The average Bonchev–Trinajstić information content (AvgIpc) is 2.83. The third kappa shape index (κ3) is 4.67. The normalized spacial score (nSPS) is 23.6. The van der Waals surface area contributed by atoms with E-state index in [1.807, 2.05) is 0 Å². The minimum atomic E-state index is -0.895. The quantitative estimate of drug-likeness (QED) is 0.774. The van der Waals surface area contributed by atoms with Crippen molar-refractivity contribution in [1.29, 1.82) is 0 Å². The summed E-state index contributed by atoms with van der Waals surface area (Å²) in [6, 6.07) is -0.229. The van der Waals surface area contributed by atoms with Crippen LogP contribution in [-0.2, 0) is 9.53 Å². The summed E-state index contributed by atoms with van der Waals surface area (Å²) >= 11 is 0. The fourth-order valence-electron chi connectivity index (χ4n) is 2.54. The number of nitrogens with zero attached hydrogens (tertiary/aromatic N) is 1. The van der Waals surface area contributed by atoms with Crippen molar-refractivity contribution in [1.82, 2.24) is 10.2 Å². The second-order valence-electron chi connectivity index (χ2n) is 5.93. The van der Waals surface area contributed by atoms with Crippen LogP contribution in [0.25, 0.3) is 0 Å². The van der Waals surface area contributed by atoms with Crippen LogP contribution in [0.15, 0.2) is 0 Å². The summed E-state index contributed by atoms with van der Waals surface area (Å²) < 4.78 is 5.67. The molecule has 116 valence electrons. The lowest BCUT2D eigenvalue weighted by Gasteiger charge is -2.24. The van der Waals surface area contributed by atoms with E-state index in [2.05, 4.69) is 19.2 Å². The lowest BCUT2D eigenvalue weighted by atomic mass is 9.93. The first-order chi connectivity index (χ1) is 9.32. The number of nitrogens with one attached hydrogen (secondary N) is 1. The first kappa shape index (κ1) is 16.8. The van der Waals surface area contributed by atoms with E-state index in [1.54, 1.807) is 14.0 Å². The molecule has 0 spiro atoms. The molecule has 6 heteroatoms. The van der Waals surface area contributed by atoms with E-state index in [-0.39, 0.29) is 18.7 Å². The molecule has 1 fully saturated rings. The highest BCUT2D eigenvalue weighted by atomic mass is 16.5. The third-order valence-electron chi connectivity index (χ3n) is 3.75. The van der Waals surface area contributed by atoms with E-state index < -0.39 is 11.9 Å². The van der Waals surface area contributed by atoms with Crippen LogP contribution in [0.5, 0.6) is 0 Å². The van der Waals surface area contributed by atoms with Crippen molar-refractivity contribution in [2.75, 3.05) is 26.7 Å². The van der Waals surface area contributed by atoms with Gasteiger partial charge in [-0.2, -0.15) is 0 Å². The lowest BCUT2D eigenvalue weighted by Crippen LogP contribution is -2.43. The number of rotatable bonds is 6. The van der Waals surface area contributed by atoms with Crippen molar-refractivity contribution in [3.63, 3.8) is 0 Å². The Hall–Kier alpha value is -1.30. The third-order valence-corrected chi connectivity index (χ3v) is 3.75. The molecule has 2 amide bonds. The molecule has 0 aromatic carbocycles. The zero-order valence-corrected chi connectivity index (χ0v) is 12.8. The van der Waals surface area contributed by atoms with Crippen LogP contribution in [0.2, 0.25) is 0 Å². The van der Waals surface area contributed by atoms with Crippen LogP contribution in [0.1, 0.15) is 27.2 Å². The summed E-state index contributed by atoms with van der Waals surface area (Å²) in [6.07, 6.45) is 1.15. The van der Waals surface area contributed by atoms with E-state index in [0.29, 0.717) is 18.4 Å². The minimum absolute atomic E-state index is 0.193. The summed E-state index contributed by atoms with van der Waals surface area (Å²) in [5.41, 5.74) is 0. The molecule has 0 saturated carbocycles. The number of urea groups is 1. The van der Waals surface area contributed by atoms with Gasteiger partial charge in [-0.3, -0.25) is 4.79 Å². The fraction of sp³-hybridized carbons (Fsp3) is 0.857. The molecule has 1 heterocycles. The van der Waals surface area contributed by atoms with Crippen LogP contribution in [0.4, 0.5) is 4.79 Å². The first-order valence-electron chi connectivity index (χ1n) is 7.16. The van der Waals surface area contributed by atoms with Gasteiger partial charge in [-0.1, -0.05) is 20.8 Å². The lowest BCUT2D eigenvalue weighted by molar-refractivity contribution is -0.141. The number of carbonyl (C=O) groups excluding carboxylic acids is 1. The van der Waals surface area contributed by atoms with Gasteiger partial charge in [0.25, 0.3) is 0 Å². The second-order valence-corrected chi connectivity index (χ2v) is 5.93. The Morgan fingerprint density at radius 2 is 2.05 bits per heavy atom. The number of hydrogen-bond acceptors (Lipinski definition) is 3. The van der Waals surface area contributed by atoms with Crippen molar-refractivity contribution in [2.45, 2.75) is 33.3 Å². The zero-order valence-electron chi connectivity index (χ0n) is 12.8. The number of aliphatic carboxylic acids is 1. The zero-order chi connectivity index (χ0) is 15.3. The molecule has 0 aromatic rings. The highest BCUT2D eigenvalue weighted by molar-refractivity contribution is 5.75. The maximum absolute atomic E-state index is 11.9. The van der Waals surface area contributed by atoms with Gasteiger partial charge in [0.15, 0.2) is 0 Å². The summed E-state index contributed by atoms with van der Waals surface area (Å²) in [6.45, 7) is 7.35. The standard InChI is InChI=1S/C14H26N2O4/c1-9(2)12-11(5-6-20-12)7-15-14(19)16(4)8-10(3)13(17)18/h9-12H,5-8H2,1-4H3,(H,15,19)(H,17,18). The molecule has 3 unspecified atom stereocenters. The summed E-state index contributed by atoms with van der Waals surface area (Å²) in [4.78, 5) is 24.1. The number of carboxylic acids is 1. The van der Waals surface area contributed by atoms with Crippen LogP contribution < -0.4 is 5.32 Å². The van der Waals surface area contributed by atoms with Crippen molar-refractivity contribution in [3.05, 3.63) is 0 Å². The molecular weight excluding hydrogens is 260 g/mol. The topological polar surface area (TPSA) is 78.9 Å². The smallest absolute Gasteiger partial charge is 0.317 e. The van der Waals surface area contributed by atoms with E-state index in [1.165, 1.54) is 4.90 Å². The number of carboxylic acid groups (broad SMARTS) is 1. The number of hydrogen-bond donors (Lipinski definition) is 2. The summed E-state index contributed by atoms with van der Waals surface area (Å²) in [5, 5.41) is 11.7. The molecule has 1 rings (SSSR count). The van der Waals surface area contributed by atoms with Gasteiger partial charge in [0.1, 0.15) is 0 Å². The minimum Gasteiger partial charge on any atom is -0.481 e. The van der Waals surface area contributed by atoms with Gasteiger partial charge in [-0.15, -0.1) is 0 Å². The Morgan fingerprint density at radius 1 is 1.40 bits per heavy atom. The van der Waals surface area contributed by atoms with Gasteiger partial charge < -0.3 is 20.1 Å². The van der Waals surface area contributed by atoms with E-state index in [4.69, 9.17) is 9.84 Å². The van der Waals surface area contributed by atoms with Gasteiger partial charge in [-0.25, -0.2) is 4.79 Å². The molecular formula is C14H26N2O4. The Kier molecular flexibility index (Phi) is 6.26. The molecule has 0 aromatic heterocycles. The van der Waals surface area contributed by atoms with Gasteiger partial charge in [0, 0.05) is 32.7 Å². The van der Waals surface area contributed by atoms with Gasteiger partial charge in [0.2, 0.25) is 0 Å². The van der Waals surface area contributed by atoms with Gasteiger partial charge >= 0.3 is 12.0 Å². The largest absolute Gasteiger partial charge is 0.481 e. The molecule has 20 heavy (non-hydrogen) atoms. The highest BCUT2D eigenvalue weighted by Crippen LogP contribution is 2.26. The summed E-state index contributed by atoms with van der Waals surface area (Å²) in [7, 11) is 1.61. The highest BCUT2D eigenvalue weighted by Gasteiger charge is 2.31. The molecule has 3 atom stereocenters. The molecule has 0 radical (unpaired) electrons. The van der Waals surface area contributed by atoms with Crippen LogP contribution in [0, 0.1) is 17.8 Å². The van der Waals surface area contributed by atoms with Crippen molar-refractivity contribution in [2.24, 2.45) is 17.8 Å². The van der Waals surface area contributed by atoms with Gasteiger partial charge in [-0.05, 0) is 12.3 Å². The van der Waals surface area contributed by atoms with E-state index in [0.717, 1.165) is 13.0 Å². The molecule has 0 aliphatic carbocycles. The average molecular weight is 286 g/mol. The molecule has 0 bridgehead atoms. The monoisotopic (exact) mass is 286 g/mol. The Balaban J connectivity index is 2.37. The molecule has 1 aliphatic rings. The van der Waals surface area contributed by atoms with Crippen LogP contribution in [-0.4, -0.2) is 54.9 Å². The van der Waals surface area contributed by atoms with E-state index >= 15 is 0 Å². The number of amides is 2. The summed E-state index contributed by atoms with van der Waals surface area (Å²) in [5.74, 6) is -0.689. The fourth-order valence-corrected chi connectivity index (χ4v) is 2.54. The van der Waals surface area contributed by atoms with Crippen LogP contribution >= 0.6 is 0 Å². The predicted octanol–water partition coefficient (Wildman–Crippen LogP) is 1.41. The van der Waals surface area contributed by atoms with E-state index in [9.17, 15) is 9.59 Å². The van der Waals surface area contributed by atoms with Gasteiger partial charge in [0.05, 0.1) is 12.0 Å². The Bertz CT molecular complexity index is 346. The Morgan fingerprint density at radius 3 is 2.60 bits per heavy atom. The van der Waals surface area contributed by atoms with Crippen molar-refractivity contribution >= 4 is 12.0 Å². The van der Waals surface area contributed by atoms with Crippen molar-refractivity contribution in [3.8, 4) is 0 Å². The molecule has 6 nitrogen and oxygen atoms in total. The Labute approximate surface area is 120 Å². The molecule has 1 saturated heterocycles. The maximum atomic E-state index is 11.9. The maximum Gasteiger partial charge on any atom is 0.317 e. The predicted molar refractivity (Wildman–Crippen MR) is 75.5 cm³/mol. The SMILES string of the molecule is CC(CN(C)C(=O)NCC1CCOC1C(C)C)C(=O)O. The molecule has 1 aliphatic heterocycles. The second kappa shape index (κ2) is 7.47. The molecule has 2 N–H and O–H groups in total. The van der Waals surface area contributed by atoms with Crippen LogP contribution in [0.3, 0.4) is 0 Å². The number of ether oxygens (including phenoxy) is 1. The van der Waals surface area contributed by atoms with Crippen molar-refractivity contribution < 1.29 is 19.4 Å².